The smallest absolute Gasteiger partial charge is 0.0589 e. The van der Waals surface area contributed by atoms with Crippen molar-refractivity contribution in [1.82, 2.24) is 0 Å². The van der Waals surface area contributed by atoms with Gasteiger partial charge in [0.25, 0.3) is 0 Å². The summed E-state index contributed by atoms with van der Waals surface area (Å²) in [6.45, 7) is 48.1. The minimum atomic E-state index is -1.74. The molecule has 0 aromatic carbocycles. The van der Waals surface area contributed by atoms with Gasteiger partial charge in [-0.1, -0.05) is 147 Å². The molecule has 3 heteroatoms. The highest BCUT2D eigenvalue weighted by molar-refractivity contribution is 7.76. The average molecular weight is 455 g/mol. The zero-order chi connectivity index (χ0) is 23.8. The zero-order valence-corrected chi connectivity index (χ0v) is 26.8. The SMILES string of the molecule is CC(C)[Si](C(C)(C)C)(C(C)(C)C)[Si]1([Si](C(C)C)(C(C)(C)C)C(C)(C)C)[C@H](C)[C@@H]1C. The van der Waals surface area contributed by atoms with Gasteiger partial charge >= 0.3 is 0 Å². The van der Waals surface area contributed by atoms with Crippen molar-refractivity contribution in [1.29, 1.82) is 0 Å². The third-order valence-corrected chi connectivity index (χ3v) is 61.7. The summed E-state index contributed by atoms with van der Waals surface area (Å²) in [6.07, 6.45) is 0. The highest BCUT2D eigenvalue weighted by Crippen LogP contribution is 2.83. The summed E-state index contributed by atoms with van der Waals surface area (Å²) in [4.78, 5) is 0. The lowest BCUT2D eigenvalue weighted by Gasteiger charge is -2.71. The number of hydrogen-bond donors (Lipinski definition) is 0. The Labute approximate surface area is 189 Å². The molecule has 0 aromatic rings. The van der Waals surface area contributed by atoms with Gasteiger partial charge in [-0.05, 0) is 20.2 Å². The van der Waals surface area contributed by atoms with Gasteiger partial charge in [-0.2, -0.15) is 0 Å². The van der Waals surface area contributed by atoms with Crippen molar-refractivity contribution < 1.29 is 0 Å². The maximum absolute atomic E-state index is 2.72. The third-order valence-electron chi connectivity index (χ3n) is 9.85. The second-order valence-corrected chi connectivity index (χ2v) is 41.7. The number of rotatable bonds is 4. The van der Waals surface area contributed by atoms with Crippen molar-refractivity contribution in [2.45, 2.75) is 167 Å². The molecule has 0 aliphatic carbocycles. The summed E-state index contributed by atoms with van der Waals surface area (Å²) < 4.78 is 0. The Morgan fingerprint density at radius 2 is 0.655 bits per heavy atom. The highest BCUT2D eigenvalue weighted by Gasteiger charge is 2.88. The van der Waals surface area contributed by atoms with Crippen LogP contribution in [0.2, 0.25) is 42.3 Å². The number of hydrogen-bond acceptors (Lipinski definition) is 0. The van der Waals surface area contributed by atoms with Crippen molar-refractivity contribution in [3.05, 3.63) is 0 Å². The molecule has 0 spiro atoms. The Morgan fingerprint density at radius 1 is 0.483 bits per heavy atom. The minimum Gasteiger partial charge on any atom is -0.0653 e. The van der Waals surface area contributed by atoms with Crippen molar-refractivity contribution in [3.63, 3.8) is 0 Å². The van der Waals surface area contributed by atoms with Gasteiger partial charge in [0.1, 0.15) is 0 Å². The molecule has 1 fully saturated rings. The molecule has 0 aromatic heterocycles. The highest BCUT2D eigenvalue weighted by atomic mass is 29.6. The molecular formula is C26H58Si3. The van der Waals surface area contributed by atoms with E-state index in [0.29, 0.717) is 20.2 Å². The maximum atomic E-state index is 2.72. The summed E-state index contributed by atoms with van der Waals surface area (Å²) in [5.41, 5.74) is 3.67. The molecular weight excluding hydrogens is 397 g/mol. The third kappa shape index (κ3) is 3.13. The van der Waals surface area contributed by atoms with Crippen molar-refractivity contribution in [2.75, 3.05) is 0 Å². The van der Waals surface area contributed by atoms with E-state index in [9.17, 15) is 0 Å². The first-order chi connectivity index (χ1) is 12.5. The first-order valence-electron chi connectivity index (χ1n) is 12.5. The Kier molecular flexibility index (Phi) is 7.00. The summed E-state index contributed by atoms with van der Waals surface area (Å²) in [7, 11) is -5.08. The molecule has 0 unspecified atom stereocenters. The second-order valence-electron chi connectivity index (χ2n) is 15.4. The normalized spacial score (nSPS) is 24.4. The molecule has 1 rings (SSSR count). The molecule has 0 nitrogen and oxygen atoms in total. The van der Waals surface area contributed by atoms with Gasteiger partial charge in [-0.3, -0.25) is 0 Å². The molecule has 174 valence electrons. The molecule has 1 saturated heterocycles. The van der Waals surface area contributed by atoms with E-state index in [1.807, 2.05) is 0 Å². The van der Waals surface area contributed by atoms with E-state index in [0.717, 1.165) is 22.2 Å². The van der Waals surface area contributed by atoms with Gasteiger partial charge in [0.15, 0.2) is 0 Å². The van der Waals surface area contributed by atoms with E-state index >= 15 is 0 Å². The Hall–Kier alpha value is 0.651. The fourth-order valence-corrected chi connectivity index (χ4v) is 94.4. The van der Waals surface area contributed by atoms with Crippen LogP contribution in [0.15, 0.2) is 0 Å². The van der Waals surface area contributed by atoms with Gasteiger partial charge in [0, 0.05) is 0 Å². The second kappa shape index (κ2) is 7.33. The van der Waals surface area contributed by atoms with Crippen molar-refractivity contribution in [2.24, 2.45) is 0 Å². The van der Waals surface area contributed by atoms with Crippen LogP contribution in [0.5, 0.6) is 0 Å². The van der Waals surface area contributed by atoms with Crippen LogP contribution in [-0.4, -0.2) is 22.3 Å². The summed E-state index contributed by atoms with van der Waals surface area (Å²) in [5, 5.41) is 1.76. The predicted octanol–water partition coefficient (Wildman–Crippen LogP) is 10.3. The van der Waals surface area contributed by atoms with Crippen LogP contribution in [0.4, 0.5) is 0 Å². The lowest BCUT2D eigenvalue weighted by Crippen LogP contribution is -2.83. The molecule has 0 bridgehead atoms. The molecule has 1 aliphatic heterocycles. The maximum Gasteiger partial charge on any atom is 0.0589 e. The van der Waals surface area contributed by atoms with E-state index in [2.05, 4.69) is 125 Å². The fourth-order valence-electron chi connectivity index (χ4n) is 11.7. The molecule has 2 atom stereocenters. The summed E-state index contributed by atoms with van der Waals surface area (Å²) in [6, 6.07) is 0. The molecule has 0 amide bonds. The standard InChI is InChI=1S/C26H58Si3/c1-19(2)28(23(7,8)9,24(10,11)12)27(21(5)22(27)6)29(20(3)4,25(13,14)15)26(16,17)18/h19-22H,1-18H3/t21-,22+. The zero-order valence-electron chi connectivity index (χ0n) is 23.8. The molecule has 29 heavy (non-hydrogen) atoms. The first kappa shape index (κ1) is 27.7. The van der Waals surface area contributed by atoms with Crippen LogP contribution >= 0.6 is 0 Å². The average Bonchev–Trinajstić information content (AvgIpc) is 2.86. The Balaban J connectivity index is 4.43. The van der Waals surface area contributed by atoms with Crippen LogP contribution in [-0.2, 0) is 0 Å². The quantitative estimate of drug-likeness (QED) is 0.370. The van der Waals surface area contributed by atoms with Gasteiger partial charge in [-0.15, -0.1) is 0 Å². The van der Waals surface area contributed by atoms with E-state index in [-0.39, 0.29) is 0 Å². The lowest BCUT2D eigenvalue weighted by molar-refractivity contribution is 0.594. The van der Waals surface area contributed by atoms with Crippen LogP contribution in [0.3, 0.4) is 0 Å². The van der Waals surface area contributed by atoms with E-state index in [4.69, 9.17) is 0 Å². The lowest BCUT2D eigenvalue weighted by atomic mass is 10.2. The molecule has 0 N–H and O–H groups in total. The van der Waals surface area contributed by atoms with E-state index in [1.54, 1.807) is 0 Å². The van der Waals surface area contributed by atoms with Gasteiger partial charge in [0.2, 0.25) is 0 Å². The predicted molar refractivity (Wildman–Crippen MR) is 145 cm³/mol. The first-order valence-corrected chi connectivity index (χ1v) is 20.8. The van der Waals surface area contributed by atoms with Crippen LogP contribution in [0.25, 0.3) is 0 Å². The van der Waals surface area contributed by atoms with E-state index in [1.165, 1.54) is 0 Å². The van der Waals surface area contributed by atoms with Crippen molar-refractivity contribution >= 4 is 22.3 Å². The Morgan fingerprint density at radius 3 is 0.724 bits per heavy atom. The molecule has 1 heterocycles. The minimum absolute atomic E-state index is 0.439. The monoisotopic (exact) mass is 454 g/mol. The summed E-state index contributed by atoms with van der Waals surface area (Å²) in [5.74, 6) is 0. The summed E-state index contributed by atoms with van der Waals surface area (Å²) >= 11 is 0. The Bertz CT molecular complexity index is 505. The van der Waals surface area contributed by atoms with E-state index < -0.39 is 22.3 Å². The van der Waals surface area contributed by atoms with Gasteiger partial charge in [0.05, 0.1) is 22.3 Å². The molecule has 1 aliphatic rings. The van der Waals surface area contributed by atoms with Gasteiger partial charge in [-0.25, -0.2) is 0 Å². The topological polar surface area (TPSA) is 0 Å². The van der Waals surface area contributed by atoms with Crippen LogP contribution in [0, 0.1) is 0 Å². The van der Waals surface area contributed by atoms with Crippen LogP contribution in [0.1, 0.15) is 125 Å². The largest absolute Gasteiger partial charge is 0.0653 e. The molecule has 0 radical (unpaired) electrons. The fraction of sp³-hybridized carbons (Fsp3) is 1.00. The molecule has 0 saturated carbocycles. The van der Waals surface area contributed by atoms with Crippen LogP contribution < -0.4 is 0 Å². The van der Waals surface area contributed by atoms with Gasteiger partial charge < -0.3 is 0 Å². The van der Waals surface area contributed by atoms with Crippen molar-refractivity contribution in [3.8, 4) is 0 Å².